The van der Waals surface area contributed by atoms with E-state index in [1.165, 1.54) is 0 Å². The van der Waals surface area contributed by atoms with Crippen molar-refractivity contribution in [1.82, 2.24) is 15.0 Å². The van der Waals surface area contributed by atoms with Crippen LogP contribution in [0.1, 0.15) is 37.0 Å². The van der Waals surface area contributed by atoms with Crippen LogP contribution in [-0.2, 0) is 4.79 Å². The Hall–Kier alpha value is -1.83. The predicted molar refractivity (Wildman–Crippen MR) is 78.8 cm³/mol. The van der Waals surface area contributed by atoms with E-state index in [-0.39, 0.29) is 29.7 Å². The summed E-state index contributed by atoms with van der Waals surface area (Å²) in [7, 11) is 0. The molecule has 5 N–H and O–H groups in total. The van der Waals surface area contributed by atoms with Crippen LogP contribution in [0.15, 0.2) is 0 Å². The Morgan fingerprint density at radius 3 is 2.95 bits per heavy atom. The highest BCUT2D eigenvalue weighted by Gasteiger charge is 2.23. The number of nitrogens with one attached hydrogen (secondary N) is 3. The summed E-state index contributed by atoms with van der Waals surface area (Å²) in [5.41, 5.74) is 6.13. The molecule has 1 aliphatic heterocycles. The van der Waals surface area contributed by atoms with Crippen LogP contribution in [0.25, 0.3) is 0 Å². The Balaban J connectivity index is 2.01. The summed E-state index contributed by atoms with van der Waals surface area (Å²) in [6.45, 7) is 4.33. The third-order valence-corrected chi connectivity index (χ3v) is 3.78. The fourth-order valence-electron chi connectivity index (χ4n) is 2.02. The molecule has 1 unspecified atom stereocenters. The molecule has 0 aromatic carbocycles. The molecule has 2 rings (SSSR count). The number of rotatable bonds is 5. The molecular formula is C12H19N5O2S. The molecule has 1 atom stereocenters. The molecular weight excluding hydrogens is 278 g/mol. The lowest BCUT2D eigenvalue weighted by molar-refractivity contribution is -0.119. The summed E-state index contributed by atoms with van der Waals surface area (Å²) >= 11 is 1.16. The monoisotopic (exact) mass is 297 g/mol. The normalized spacial score (nSPS) is 18.1. The minimum atomic E-state index is -0.232. The quantitative estimate of drug-likeness (QED) is 0.635. The van der Waals surface area contributed by atoms with Crippen LogP contribution in [0.5, 0.6) is 0 Å². The van der Waals surface area contributed by atoms with Gasteiger partial charge in [-0.25, -0.2) is 0 Å². The SMILES string of the molecule is CC(C)NC(=O)c1c(N)nsc1NCC1CCC(=O)N1. The Labute approximate surface area is 121 Å². The van der Waals surface area contributed by atoms with E-state index in [9.17, 15) is 9.59 Å². The van der Waals surface area contributed by atoms with Gasteiger partial charge in [-0.3, -0.25) is 9.59 Å². The predicted octanol–water partition coefficient (Wildman–Crippen LogP) is 0.554. The maximum absolute atomic E-state index is 12.1. The zero-order valence-corrected chi connectivity index (χ0v) is 12.3. The van der Waals surface area contributed by atoms with Crippen molar-refractivity contribution >= 4 is 34.2 Å². The number of anilines is 2. The van der Waals surface area contributed by atoms with Crippen molar-refractivity contribution in [3.05, 3.63) is 5.56 Å². The van der Waals surface area contributed by atoms with Gasteiger partial charge in [0.15, 0.2) is 5.82 Å². The molecule has 0 saturated carbocycles. The number of hydrogen-bond acceptors (Lipinski definition) is 6. The van der Waals surface area contributed by atoms with Crippen LogP contribution in [0, 0.1) is 0 Å². The largest absolute Gasteiger partial charge is 0.382 e. The standard InChI is InChI=1S/C12H19N5O2S/c1-6(2)15-11(19)9-10(13)17-20-12(9)14-5-7-3-4-8(18)16-7/h6-7,14H,3-5H2,1-2H3,(H2,13,17)(H,15,19)(H,16,18). The van der Waals surface area contributed by atoms with Gasteiger partial charge in [-0.2, -0.15) is 4.37 Å². The van der Waals surface area contributed by atoms with Gasteiger partial charge >= 0.3 is 0 Å². The lowest BCUT2D eigenvalue weighted by Crippen LogP contribution is -2.33. The second kappa shape index (κ2) is 6.08. The van der Waals surface area contributed by atoms with Gasteiger partial charge in [0.2, 0.25) is 5.91 Å². The van der Waals surface area contributed by atoms with E-state index in [1.54, 1.807) is 0 Å². The van der Waals surface area contributed by atoms with Crippen LogP contribution in [-0.4, -0.2) is 34.8 Å². The Morgan fingerprint density at radius 2 is 2.35 bits per heavy atom. The van der Waals surface area contributed by atoms with E-state index in [1.807, 2.05) is 13.8 Å². The first-order valence-corrected chi connectivity index (χ1v) is 7.34. The van der Waals surface area contributed by atoms with Crippen molar-refractivity contribution in [2.75, 3.05) is 17.6 Å². The minimum Gasteiger partial charge on any atom is -0.382 e. The molecule has 1 saturated heterocycles. The number of amides is 2. The molecule has 2 heterocycles. The highest BCUT2D eigenvalue weighted by molar-refractivity contribution is 7.11. The van der Waals surface area contributed by atoms with Crippen molar-refractivity contribution in [2.24, 2.45) is 0 Å². The van der Waals surface area contributed by atoms with Gasteiger partial charge in [-0.15, -0.1) is 0 Å². The maximum Gasteiger partial charge on any atom is 0.258 e. The number of nitrogens with two attached hydrogens (primary N) is 1. The van der Waals surface area contributed by atoms with E-state index in [0.29, 0.717) is 23.5 Å². The molecule has 1 aromatic heterocycles. The van der Waals surface area contributed by atoms with Crippen molar-refractivity contribution in [2.45, 2.75) is 38.8 Å². The molecule has 8 heteroatoms. The van der Waals surface area contributed by atoms with Crippen LogP contribution in [0.4, 0.5) is 10.8 Å². The van der Waals surface area contributed by atoms with Crippen molar-refractivity contribution in [1.29, 1.82) is 0 Å². The van der Waals surface area contributed by atoms with E-state index >= 15 is 0 Å². The van der Waals surface area contributed by atoms with E-state index in [0.717, 1.165) is 18.0 Å². The molecule has 1 fully saturated rings. The molecule has 7 nitrogen and oxygen atoms in total. The van der Waals surface area contributed by atoms with E-state index in [2.05, 4.69) is 20.3 Å². The van der Waals surface area contributed by atoms with Crippen molar-refractivity contribution in [3.8, 4) is 0 Å². The Bertz CT molecular complexity index is 514. The summed E-state index contributed by atoms with van der Waals surface area (Å²) < 4.78 is 4.01. The zero-order valence-electron chi connectivity index (χ0n) is 11.5. The summed E-state index contributed by atoms with van der Waals surface area (Å²) in [5.74, 6) is 0.0636. The van der Waals surface area contributed by atoms with Gasteiger partial charge < -0.3 is 21.7 Å². The van der Waals surface area contributed by atoms with Gasteiger partial charge in [-0.1, -0.05) is 0 Å². The number of carbonyl (C=O) groups excluding carboxylic acids is 2. The highest BCUT2D eigenvalue weighted by atomic mass is 32.1. The zero-order chi connectivity index (χ0) is 14.7. The summed E-state index contributed by atoms with van der Waals surface area (Å²) in [6, 6.07) is 0.121. The minimum absolute atomic E-state index is 0.0313. The fraction of sp³-hybridized carbons (Fsp3) is 0.583. The van der Waals surface area contributed by atoms with Crippen molar-refractivity contribution in [3.63, 3.8) is 0 Å². The molecule has 0 bridgehead atoms. The first kappa shape index (κ1) is 14.6. The Morgan fingerprint density at radius 1 is 1.60 bits per heavy atom. The molecule has 110 valence electrons. The third kappa shape index (κ3) is 3.38. The van der Waals surface area contributed by atoms with Gasteiger partial charge in [-0.05, 0) is 31.8 Å². The number of carbonyl (C=O) groups is 2. The molecule has 1 aromatic rings. The number of nitrogens with zero attached hydrogens (tertiary/aromatic N) is 1. The van der Waals surface area contributed by atoms with Crippen LogP contribution >= 0.6 is 11.5 Å². The van der Waals surface area contributed by atoms with Crippen LogP contribution < -0.4 is 21.7 Å². The molecule has 1 aliphatic rings. The first-order valence-electron chi connectivity index (χ1n) is 6.56. The smallest absolute Gasteiger partial charge is 0.258 e. The number of nitrogen functional groups attached to an aromatic ring is 1. The number of hydrogen-bond donors (Lipinski definition) is 4. The summed E-state index contributed by atoms with van der Waals surface area (Å²) in [5, 5.41) is 9.45. The molecule has 2 amide bonds. The number of aromatic nitrogens is 1. The van der Waals surface area contributed by atoms with E-state index < -0.39 is 0 Å². The maximum atomic E-state index is 12.1. The second-order valence-corrected chi connectivity index (χ2v) is 5.86. The van der Waals surface area contributed by atoms with Gasteiger partial charge in [0.05, 0.1) is 0 Å². The van der Waals surface area contributed by atoms with E-state index in [4.69, 9.17) is 5.73 Å². The third-order valence-electron chi connectivity index (χ3n) is 2.96. The van der Waals surface area contributed by atoms with Crippen LogP contribution in [0.3, 0.4) is 0 Å². The van der Waals surface area contributed by atoms with Gasteiger partial charge in [0.25, 0.3) is 5.91 Å². The summed E-state index contributed by atoms with van der Waals surface area (Å²) in [6.07, 6.45) is 1.35. The Kier molecular flexibility index (Phi) is 4.43. The van der Waals surface area contributed by atoms with Crippen molar-refractivity contribution < 1.29 is 9.59 Å². The van der Waals surface area contributed by atoms with Crippen LogP contribution in [0.2, 0.25) is 0 Å². The van der Waals surface area contributed by atoms with Gasteiger partial charge in [0, 0.05) is 25.0 Å². The molecule has 0 aliphatic carbocycles. The summed E-state index contributed by atoms with van der Waals surface area (Å²) in [4.78, 5) is 23.2. The molecule has 0 radical (unpaired) electrons. The second-order valence-electron chi connectivity index (χ2n) is 5.08. The molecule has 0 spiro atoms. The fourth-order valence-corrected chi connectivity index (χ4v) is 2.74. The lowest BCUT2D eigenvalue weighted by Gasteiger charge is -2.13. The first-order chi connectivity index (χ1) is 9.47. The molecule has 20 heavy (non-hydrogen) atoms. The topological polar surface area (TPSA) is 109 Å². The average molecular weight is 297 g/mol. The van der Waals surface area contributed by atoms with Gasteiger partial charge in [0.1, 0.15) is 10.6 Å². The highest BCUT2D eigenvalue weighted by Crippen LogP contribution is 2.27. The lowest BCUT2D eigenvalue weighted by atomic mass is 10.2. The average Bonchev–Trinajstić information content (AvgIpc) is 2.92.